The van der Waals surface area contributed by atoms with Crippen LogP contribution in [0.2, 0.25) is 0 Å². The molecule has 2 fully saturated rings. The Balaban J connectivity index is 1.42. The van der Waals surface area contributed by atoms with Gasteiger partial charge in [0.2, 0.25) is 16.0 Å². The molecule has 0 N–H and O–H groups in total. The van der Waals surface area contributed by atoms with E-state index in [1.54, 1.807) is 23.9 Å². The highest BCUT2D eigenvalue weighted by molar-refractivity contribution is 7.98. The zero-order valence-corrected chi connectivity index (χ0v) is 20.8. The van der Waals surface area contributed by atoms with E-state index in [-0.39, 0.29) is 4.90 Å². The number of hydrogen-bond acceptors (Lipinski definition) is 8. The molecule has 1 saturated carbocycles. The number of thioether (sulfide) groups is 1. The fraction of sp³-hybridized carbons (Fsp3) is 0.571. The molecule has 1 aromatic carbocycles. The molecule has 12 heteroatoms. The average molecular weight is 492 g/mol. The number of fused-ring (bicyclic) bond motifs is 1. The van der Waals surface area contributed by atoms with Gasteiger partial charge in [0.25, 0.3) is 0 Å². The standard InChI is InChI=1S/C21H29N7O3S2/c1-4-27-18-8-7-16(33(29,30)25(2)3)13-17(18)22-19(27)14-32-21-24-23-20(28(21)15-5-6-15)26-9-11-31-12-10-26/h7-8,13,15H,4-6,9-12,14H2,1-3H3. The highest BCUT2D eigenvalue weighted by Gasteiger charge is 2.32. The molecule has 0 spiro atoms. The highest BCUT2D eigenvalue weighted by Crippen LogP contribution is 2.41. The van der Waals surface area contributed by atoms with Gasteiger partial charge in [0.05, 0.1) is 34.9 Å². The van der Waals surface area contributed by atoms with Gasteiger partial charge in [0, 0.05) is 39.8 Å². The van der Waals surface area contributed by atoms with Crippen LogP contribution in [0.15, 0.2) is 28.3 Å². The second kappa shape index (κ2) is 8.90. The van der Waals surface area contributed by atoms with E-state index in [0.717, 1.165) is 54.9 Å². The molecule has 1 aliphatic carbocycles. The Morgan fingerprint density at radius 1 is 1.18 bits per heavy atom. The Bertz CT molecular complexity index is 1260. The summed E-state index contributed by atoms with van der Waals surface area (Å²) in [5, 5.41) is 9.94. The Labute approximate surface area is 198 Å². The number of anilines is 1. The van der Waals surface area contributed by atoms with Gasteiger partial charge in [-0.1, -0.05) is 11.8 Å². The summed E-state index contributed by atoms with van der Waals surface area (Å²) in [5.41, 5.74) is 1.62. The summed E-state index contributed by atoms with van der Waals surface area (Å²) in [4.78, 5) is 7.30. The van der Waals surface area contributed by atoms with Crippen LogP contribution in [0.1, 0.15) is 31.6 Å². The first-order valence-corrected chi connectivity index (χ1v) is 13.6. The van der Waals surface area contributed by atoms with Crippen molar-refractivity contribution >= 4 is 38.8 Å². The molecule has 2 aliphatic rings. The van der Waals surface area contributed by atoms with Gasteiger partial charge in [0.1, 0.15) is 5.82 Å². The number of hydrogen-bond donors (Lipinski definition) is 0. The largest absolute Gasteiger partial charge is 0.378 e. The van der Waals surface area contributed by atoms with E-state index in [1.807, 2.05) is 6.07 Å². The number of ether oxygens (including phenoxy) is 1. The molecule has 3 heterocycles. The smallest absolute Gasteiger partial charge is 0.242 e. The fourth-order valence-corrected chi connectivity index (χ4v) is 5.99. The van der Waals surface area contributed by atoms with E-state index in [4.69, 9.17) is 9.72 Å². The number of rotatable bonds is 8. The molecule has 0 bridgehead atoms. The zero-order valence-electron chi connectivity index (χ0n) is 19.1. The number of benzene rings is 1. The van der Waals surface area contributed by atoms with Gasteiger partial charge in [-0.3, -0.25) is 4.57 Å². The van der Waals surface area contributed by atoms with Crippen molar-refractivity contribution in [2.75, 3.05) is 45.3 Å². The number of aromatic nitrogens is 5. The fourth-order valence-electron chi connectivity index (χ4n) is 4.12. The number of aryl methyl sites for hydroxylation is 1. The van der Waals surface area contributed by atoms with Crippen molar-refractivity contribution in [1.29, 1.82) is 0 Å². The Morgan fingerprint density at radius 3 is 2.61 bits per heavy atom. The predicted molar refractivity (Wildman–Crippen MR) is 127 cm³/mol. The van der Waals surface area contributed by atoms with Crippen LogP contribution in [0.3, 0.4) is 0 Å². The first-order valence-electron chi connectivity index (χ1n) is 11.2. The maximum Gasteiger partial charge on any atom is 0.242 e. The molecule has 2 aromatic heterocycles. The van der Waals surface area contributed by atoms with E-state index in [1.165, 1.54) is 18.4 Å². The van der Waals surface area contributed by atoms with Gasteiger partial charge >= 0.3 is 0 Å². The normalized spacial score (nSPS) is 17.4. The minimum absolute atomic E-state index is 0.253. The maximum atomic E-state index is 12.5. The molecule has 33 heavy (non-hydrogen) atoms. The third-order valence-corrected chi connectivity index (χ3v) is 8.83. The van der Waals surface area contributed by atoms with Crippen molar-refractivity contribution in [2.24, 2.45) is 0 Å². The Morgan fingerprint density at radius 2 is 1.94 bits per heavy atom. The van der Waals surface area contributed by atoms with Gasteiger partial charge in [-0.25, -0.2) is 17.7 Å². The molecule has 0 atom stereocenters. The van der Waals surface area contributed by atoms with E-state index in [0.29, 0.717) is 30.5 Å². The van der Waals surface area contributed by atoms with Gasteiger partial charge in [-0.05, 0) is 38.0 Å². The molecular weight excluding hydrogens is 462 g/mol. The topological polar surface area (TPSA) is 98.4 Å². The van der Waals surface area contributed by atoms with E-state index in [2.05, 4.69) is 31.2 Å². The van der Waals surface area contributed by atoms with Crippen LogP contribution in [-0.2, 0) is 27.1 Å². The van der Waals surface area contributed by atoms with Crippen molar-refractivity contribution in [2.45, 2.75) is 48.2 Å². The molecular formula is C21H29N7O3S2. The minimum atomic E-state index is -3.51. The number of nitrogens with zero attached hydrogens (tertiary/aromatic N) is 7. The molecule has 1 aliphatic heterocycles. The van der Waals surface area contributed by atoms with E-state index >= 15 is 0 Å². The third-order valence-electron chi connectivity index (χ3n) is 6.08. The van der Waals surface area contributed by atoms with Gasteiger partial charge < -0.3 is 14.2 Å². The van der Waals surface area contributed by atoms with E-state index in [9.17, 15) is 8.42 Å². The Kier molecular flexibility index (Phi) is 6.10. The van der Waals surface area contributed by atoms with Crippen molar-refractivity contribution in [1.82, 2.24) is 28.6 Å². The van der Waals surface area contributed by atoms with Crippen LogP contribution < -0.4 is 4.90 Å². The summed E-state index contributed by atoms with van der Waals surface area (Å²) >= 11 is 1.63. The summed E-state index contributed by atoms with van der Waals surface area (Å²) in [6.45, 7) is 5.92. The Hall–Kier alpha value is -2.15. The molecule has 0 radical (unpaired) electrons. The van der Waals surface area contributed by atoms with Crippen molar-refractivity contribution < 1.29 is 13.2 Å². The van der Waals surface area contributed by atoms with Crippen molar-refractivity contribution in [3.63, 3.8) is 0 Å². The lowest BCUT2D eigenvalue weighted by Crippen LogP contribution is -2.38. The van der Waals surface area contributed by atoms with Gasteiger partial charge in [-0.2, -0.15) is 0 Å². The second-order valence-corrected chi connectivity index (χ2v) is 11.6. The second-order valence-electron chi connectivity index (χ2n) is 8.48. The lowest BCUT2D eigenvalue weighted by molar-refractivity contribution is 0.121. The van der Waals surface area contributed by atoms with Crippen LogP contribution in [0.4, 0.5) is 5.95 Å². The summed E-state index contributed by atoms with van der Waals surface area (Å²) in [6.07, 6.45) is 2.30. The number of sulfonamides is 1. The van der Waals surface area contributed by atoms with Crippen molar-refractivity contribution in [3.8, 4) is 0 Å². The lowest BCUT2D eigenvalue weighted by Gasteiger charge is -2.27. The summed E-state index contributed by atoms with van der Waals surface area (Å²) in [5.74, 6) is 2.47. The quantitative estimate of drug-likeness (QED) is 0.443. The number of imidazole rings is 1. The minimum Gasteiger partial charge on any atom is -0.378 e. The van der Waals surface area contributed by atoms with Crippen LogP contribution in [-0.4, -0.2) is 77.4 Å². The SMILES string of the molecule is CCn1c(CSc2nnc(N3CCOCC3)n2C2CC2)nc2cc(S(=O)(=O)N(C)C)ccc21. The monoisotopic (exact) mass is 491 g/mol. The van der Waals surface area contributed by atoms with Crippen LogP contribution in [0.25, 0.3) is 11.0 Å². The molecule has 1 saturated heterocycles. The molecule has 3 aromatic rings. The first-order chi connectivity index (χ1) is 15.9. The van der Waals surface area contributed by atoms with Gasteiger partial charge in [-0.15, -0.1) is 10.2 Å². The lowest BCUT2D eigenvalue weighted by atomic mass is 10.3. The number of morpholine rings is 1. The van der Waals surface area contributed by atoms with Gasteiger partial charge in [0.15, 0.2) is 5.16 Å². The molecule has 0 unspecified atom stereocenters. The maximum absolute atomic E-state index is 12.5. The average Bonchev–Trinajstić information content (AvgIpc) is 3.46. The van der Waals surface area contributed by atoms with Crippen LogP contribution in [0, 0.1) is 0 Å². The predicted octanol–water partition coefficient (Wildman–Crippen LogP) is 2.36. The molecule has 0 amide bonds. The van der Waals surface area contributed by atoms with Crippen LogP contribution >= 0.6 is 11.8 Å². The summed E-state index contributed by atoms with van der Waals surface area (Å²) < 4.78 is 36.2. The molecule has 178 valence electrons. The summed E-state index contributed by atoms with van der Waals surface area (Å²) in [6, 6.07) is 5.62. The summed E-state index contributed by atoms with van der Waals surface area (Å²) in [7, 11) is -0.436. The third kappa shape index (κ3) is 4.25. The van der Waals surface area contributed by atoms with E-state index < -0.39 is 10.0 Å². The highest BCUT2D eigenvalue weighted by atomic mass is 32.2. The van der Waals surface area contributed by atoms with Crippen LogP contribution in [0.5, 0.6) is 0 Å². The molecule has 10 nitrogen and oxygen atoms in total. The zero-order chi connectivity index (χ0) is 23.2. The first kappa shape index (κ1) is 22.6. The molecule has 5 rings (SSSR count). The van der Waals surface area contributed by atoms with Crippen molar-refractivity contribution in [3.05, 3.63) is 24.0 Å².